The number of nitrogens with one attached hydrogen (secondary N) is 2. The van der Waals surface area contributed by atoms with Gasteiger partial charge < -0.3 is 15.4 Å². The van der Waals surface area contributed by atoms with Crippen LogP contribution in [-0.4, -0.2) is 38.2 Å². The molecule has 0 radical (unpaired) electrons. The summed E-state index contributed by atoms with van der Waals surface area (Å²) in [5.41, 5.74) is 2.40. The van der Waals surface area contributed by atoms with Crippen molar-refractivity contribution in [1.82, 2.24) is 15.6 Å². The van der Waals surface area contributed by atoms with Crippen molar-refractivity contribution in [2.75, 3.05) is 27.2 Å². The van der Waals surface area contributed by atoms with E-state index in [4.69, 9.17) is 4.74 Å². The summed E-state index contributed by atoms with van der Waals surface area (Å²) in [7, 11) is 3.48. The molecule has 5 heteroatoms. The van der Waals surface area contributed by atoms with Crippen LogP contribution in [0.15, 0.2) is 53.7 Å². The number of benzene rings is 1. The van der Waals surface area contributed by atoms with Gasteiger partial charge in [-0.25, -0.2) is 0 Å². The molecule has 2 aromatic rings. The summed E-state index contributed by atoms with van der Waals surface area (Å²) in [6.07, 6.45) is 3.74. The Balaban J connectivity index is 1.69. The molecule has 5 nitrogen and oxygen atoms in total. The standard InChI is InChI=1S/C20H28N4O/c1-16(17-7-9-19(25-3)10-8-17)11-14-23-20(21-2)24-15-12-18-6-4-5-13-22-18/h4-10,13,16H,11-12,14-15H2,1-3H3,(H2,21,23,24). The average molecular weight is 340 g/mol. The lowest BCUT2D eigenvalue weighted by Gasteiger charge is -2.15. The van der Waals surface area contributed by atoms with Crippen LogP contribution in [0.1, 0.15) is 30.5 Å². The highest BCUT2D eigenvalue weighted by Gasteiger charge is 2.06. The highest BCUT2D eigenvalue weighted by Crippen LogP contribution is 2.21. The molecule has 0 amide bonds. The van der Waals surface area contributed by atoms with Crippen molar-refractivity contribution in [1.29, 1.82) is 0 Å². The van der Waals surface area contributed by atoms with Crippen LogP contribution in [0.25, 0.3) is 0 Å². The molecule has 1 atom stereocenters. The molecule has 134 valence electrons. The lowest BCUT2D eigenvalue weighted by atomic mass is 9.98. The second-order valence-corrected chi connectivity index (χ2v) is 5.96. The van der Waals surface area contributed by atoms with Crippen molar-refractivity contribution in [2.24, 2.45) is 4.99 Å². The fourth-order valence-corrected chi connectivity index (χ4v) is 2.58. The SMILES string of the molecule is CN=C(NCCc1ccccn1)NCCC(C)c1ccc(OC)cc1. The summed E-state index contributed by atoms with van der Waals surface area (Å²) >= 11 is 0. The van der Waals surface area contributed by atoms with E-state index in [1.807, 2.05) is 36.5 Å². The van der Waals surface area contributed by atoms with Crippen molar-refractivity contribution in [3.05, 3.63) is 59.9 Å². The zero-order valence-corrected chi connectivity index (χ0v) is 15.3. The zero-order valence-electron chi connectivity index (χ0n) is 15.3. The Hall–Kier alpha value is -2.56. The molecule has 25 heavy (non-hydrogen) atoms. The van der Waals surface area contributed by atoms with Gasteiger partial charge in [0, 0.05) is 38.4 Å². The molecule has 0 saturated carbocycles. The summed E-state index contributed by atoms with van der Waals surface area (Å²) in [6, 6.07) is 14.3. The van der Waals surface area contributed by atoms with E-state index in [-0.39, 0.29) is 0 Å². The molecule has 0 saturated heterocycles. The average Bonchev–Trinajstić information content (AvgIpc) is 2.67. The van der Waals surface area contributed by atoms with Crippen LogP contribution in [-0.2, 0) is 6.42 Å². The maximum Gasteiger partial charge on any atom is 0.190 e. The third-order valence-electron chi connectivity index (χ3n) is 4.18. The van der Waals surface area contributed by atoms with Crippen molar-refractivity contribution < 1.29 is 4.74 Å². The van der Waals surface area contributed by atoms with E-state index in [1.165, 1.54) is 5.56 Å². The van der Waals surface area contributed by atoms with Crippen LogP contribution < -0.4 is 15.4 Å². The summed E-state index contributed by atoms with van der Waals surface area (Å²) in [6.45, 7) is 3.92. The van der Waals surface area contributed by atoms with Gasteiger partial charge in [0.1, 0.15) is 5.75 Å². The molecular formula is C20H28N4O. The molecule has 0 aliphatic carbocycles. The van der Waals surface area contributed by atoms with E-state index in [0.29, 0.717) is 5.92 Å². The summed E-state index contributed by atoms with van der Waals surface area (Å²) in [5, 5.41) is 6.70. The minimum Gasteiger partial charge on any atom is -0.497 e. The molecular weight excluding hydrogens is 312 g/mol. The van der Waals surface area contributed by atoms with Crippen LogP contribution in [0.3, 0.4) is 0 Å². The lowest BCUT2D eigenvalue weighted by Crippen LogP contribution is -2.39. The van der Waals surface area contributed by atoms with Gasteiger partial charge in [-0.15, -0.1) is 0 Å². The summed E-state index contributed by atoms with van der Waals surface area (Å²) < 4.78 is 5.20. The van der Waals surface area contributed by atoms with E-state index in [2.05, 4.69) is 39.7 Å². The Bertz CT molecular complexity index is 641. The number of hydrogen-bond acceptors (Lipinski definition) is 3. The number of guanidine groups is 1. The first-order valence-electron chi connectivity index (χ1n) is 8.71. The van der Waals surface area contributed by atoms with Crippen molar-refractivity contribution >= 4 is 5.96 Å². The highest BCUT2D eigenvalue weighted by molar-refractivity contribution is 5.79. The van der Waals surface area contributed by atoms with Gasteiger partial charge in [-0.1, -0.05) is 25.1 Å². The number of rotatable bonds is 8. The van der Waals surface area contributed by atoms with Gasteiger partial charge in [0.2, 0.25) is 0 Å². The molecule has 0 aliphatic rings. The van der Waals surface area contributed by atoms with Crippen LogP contribution in [0.5, 0.6) is 5.75 Å². The first-order chi connectivity index (χ1) is 12.2. The Morgan fingerprint density at radius 3 is 2.52 bits per heavy atom. The maximum atomic E-state index is 5.20. The molecule has 0 aliphatic heterocycles. The predicted octanol–water partition coefficient (Wildman–Crippen LogP) is 2.99. The molecule has 1 aromatic carbocycles. The Kier molecular flexibility index (Phi) is 7.76. The van der Waals surface area contributed by atoms with Crippen LogP contribution in [0.4, 0.5) is 0 Å². The van der Waals surface area contributed by atoms with Gasteiger partial charge in [-0.3, -0.25) is 9.98 Å². The van der Waals surface area contributed by atoms with E-state index in [1.54, 1.807) is 14.2 Å². The number of hydrogen-bond donors (Lipinski definition) is 2. The first kappa shape index (κ1) is 18.8. The molecule has 2 N–H and O–H groups in total. The lowest BCUT2D eigenvalue weighted by molar-refractivity contribution is 0.414. The molecule has 0 fully saturated rings. The molecule has 2 rings (SSSR count). The van der Waals surface area contributed by atoms with Crippen molar-refractivity contribution in [3.8, 4) is 5.75 Å². The van der Waals surface area contributed by atoms with E-state index < -0.39 is 0 Å². The van der Waals surface area contributed by atoms with Gasteiger partial charge in [0.05, 0.1) is 7.11 Å². The third kappa shape index (κ3) is 6.45. The first-order valence-corrected chi connectivity index (χ1v) is 8.71. The number of ether oxygens (including phenoxy) is 1. The van der Waals surface area contributed by atoms with Gasteiger partial charge in [0.15, 0.2) is 5.96 Å². The summed E-state index contributed by atoms with van der Waals surface area (Å²) in [5.74, 6) is 2.20. The van der Waals surface area contributed by atoms with Crippen LogP contribution in [0.2, 0.25) is 0 Å². The Morgan fingerprint density at radius 1 is 1.12 bits per heavy atom. The largest absolute Gasteiger partial charge is 0.497 e. The third-order valence-corrected chi connectivity index (χ3v) is 4.18. The van der Waals surface area contributed by atoms with Gasteiger partial charge in [0.25, 0.3) is 0 Å². The number of methoxy groups -OCH3 is 1. The van der Waals surface area contributed by atoms with Crippen LogP contribution >= 0.6 is 0 Å². The topological polar surface area (TPSA) is 58.5 Å². The number of nitrogens with zero attached hydrogens (tertiary/aromatic N) is 2. The number of aliphatic imine (C=N–C) groups is 1. The maximum absolute atomic E-state index is 5.20. The van der Waals surface area contributed by atoms with E-state index in [9.17, 15) is 0 Å². The molecule has 1 aromatic heterocycles. The fourth-order valence-electron chi connectivity index (χ4n) is 2.58. The number of aromatic nitrogens is 1. The Morgan fingerprint density at radius 2 is 1.88 bits per heavy atom. The predicted molar refractivity (Wildman–Crippen MR) is 103 cm³/mol. The second-order valence-electron chi connectivity index (χ2n) is 5.96. The minimum absolute atomic E-state index is 0.477. The quantitative estimate of drug-likeness (QED) is 0.573. The summed E-state index contributed by atoms with van der Waals surface area (Å²) in [4.78, 5) is 8.59. The smallest absolute Gasteiger partial charge is 0.190 e. The van der Waals surface area contributed by atoms with Gasteiger partial charge >= 0.3 is 0 Å². The molecule has 1 heterocycles. The van der Waals surface area contributed by atoms with Crippen molar-refractivity contribution in [2.45, 2.75) is 25.7 Å². The van der Waals surface area contributed by atoms with Gasteiger partial charge in [-0.05, 0) is 42.2 Å². The zero-order chi connectivity index (χ0) is 17.9. The highest BCUT2D eigenvalue weighted by atomic mass is 16.5. The second kappa shape index (κ2) is 10.3. The van der Waals surface area contributed by atoms with E-state index in [0.717, 1.165) is 43.3 Å². The van der Waals surface area contributed by atoms with Crippen molar-refractivity contribution in [3.63, 3.8) is 0 Å². The monoisotopic (exact) mass is 340 g/mol. The Labute approximate surface area is 150 Å². The molecule has 0 bridgehead atoms. The minimum atomic E-state index is 0.477. The van der Waals surface area contributed by atoms with Crippen LogP contribution in [0, 0.1) is 0 Å². The molecule has 0 spiro atoms. The van der Waals surface area contributed by atoms with Gasteiger partial charge in [-0.2, -0.15) is 0 Å². The number of pyridine rings is 1. The molecule has 1 unspecified atom stereocenters. The normalized spacial score (nSPS) is 12.5. The fraction of sp³-hybridized carbons (Fsp3) is 0.400. The van der Waals surface area contributed by atoms with E-state index >= 15 is 0 Å².